The van der Waals surface area contributed by atoms with E-state index in [1.807, 2.05) is 18.0 Å². The molecule has 2 aromatic heterocycles. The zero-order valence-electron chi connectivity index (χ0n) is 12.2. The van der Waals surface area contributed by atoms with Crippen molar-refractivity contribution in [1.82, 2.24) is 14.6 Å². The van der Waals surface area contributed by atoms with E-state index in [0.717, 1.165) is 17.0 Å². The van der Waals surface area contributed by atoms with E-state index in [1.54, 1.807) is 23.8 Å². The van der Waals surface area contributed by atoms with Gasteiger partial charge < -0.3 is 10.0 Å². The molecule has 2 rings (SSSR count). The lowest BCUT2D eigenvalue weighted by Gasteiger charge is -2.20. The van der Waals surface area contributed by atoms with Gasteiger partial charge >= 0.3 is 5.97 Å². The SMILES string of the molecule is CC(CN(C)c1nccn2nc(C(C)C)cc12)C(=O)O. The summed E-state index contributed by atoms with van der Waals surface area (Å²) in [7, 11) is 1.85. The lowest BCUT2D eigenvalue weighted by Crippen LogP contribution is -2.29. The zero-order chi connectivity index (χ0) is 14.9. The summed E-state index contributed by atoms with van der Waals surface area (Å²) in [5.74, 6) is -0.166. The Morgan fingerprint density at radius 1 is 1.45 bits per heavy atom. The summed E-state index contributed by atoms with van der Waals surface area (Å²) in [6.07, 6.45) is 3.49. The monoisotopic (exact) mass is 276 g/mol. The van der Waals surface area contributed by atoms with E-state index in [9.17, 15) is 4.79 Å². The molecule has 20 heavy (non-hydrogen) atoms. The van der Waals surface area contributed by atoms with Crippen LogP contribution in [0.2, 0.25) is 0 Å². The molecule has 0 bridgehead atoms. The molecule has 0 aliphatic carbocycles. The normalized spacial score (nSPS) is 12.8. The first kappa shape index (κ1) is 14.3. The third-order valence-electron chi connectivity index (χ3n) is 3.31. The minimum Gasteiger partial charge on any atom is -0.481 e. The van der Waals surface area contributed by atoms with Gasteiger partial charge in [-0.25, -0.2) is 9.50 Å². The van der Waals surface area contributed by atoms with Crippen LogP contribution < -0.4 is 4.90 Å². The van der Waals surface area contributed by atoms with Crippen LogP contribution in [0.3, 0.4) is 0 Å². The van der Waals surface area contributed by atoms with Crippen LogP contribution in [-0.4, -0.2) is 39.3 Å². The van der Waals surface area contributed by atoms with Crippen molar-refractivity contribution >= 4 is 17.3 Å². The number of hydrogen-bond acceptors (Lipinski definition) is 4. The van der Waals surface area contributed by atoms with Gasteiger partial charge in [0.25, 0.3) is 0 Å². The molecular weight excluding hydrogens is 256 g/mol. The van der Waals surface area contributed by atoms with Gasteiger partial charge in [0.05, 0.1) is 11.6 Å². The quantitative estimate of drug-likeness (QED) is 0.904. The van der Waals surface area contributed by atoms with Crippen molar-refractivity contribution in [3.63, 3.8) is 0 Å². The van der Waals surface area contributed by atoms with Crippen LogP contribution in [0.5, 0.6) is 0 Å². The van der Waals surface area contributed by atoms with Crippen molar-refractivity contribution in [3.8, 4) is 0 Å². The number of carbonyl (C=O) groups is 1. The highest BCUT2D eigenvalue weighted by Gasteiger charge is 2.17. The highest BCUT2D eigenvalue weighted by molar-refractivity contribution is 5.72. The van der Waals surface area contributed by atoms with Gasteiger partial charge in [0, 0.05) is 26.0 Å². The number of nitrogens with zero attached hydrogens (tertiary/aromatic N) is 4. The molecule has 1 atom stereocenters. The summed E-state index contributed by atoms with van der Waals surface area (Å²) in [5, 5.41) is 13.5. The number of carboxylic acid groups (broad SMARTS) is 1. The molecule has 1 unspecified atom stereocenters. The fraction of sp³-hybridized carbons (Fsp3) is 0.500. The molecule has 0 radical (unpaired) electrons. The van der Waals surface area contributed by atoms with Crippen LogP contribution in [0.25, 0.3) is 5.52 Å². The Balaban J connectivity index is 2.36. The Hall–Kier alpha value is -2.11. The van der Waals surface area contributed by atoms with Crippen molar-refractivity contribution in [2.75, 3.05) is 18.5 Å². The molecule has 0 aliphatic heterocycles. The Morgan fingerprint density at radius 2 is 2.15 bits per heavy atom. The summed E-state index contributed by atoms with van der Waals surface area (Å²) in [6.45, 7) is 6.27. The van der Waals surface area contributed by atoms with E-state index < -0.39 is 11.9 Å². The molecule has 0 saturated carbocycles. The van der Waals surface area contributed by atoms with Gasteiger partial charge in [0.2, 0.25) is 0 Å². The van der Waals surface area contributed by atoms with E-state index in [4.69, 9.17) is 5.11 Å². The number of carboxylic acids is 1. The lowest BCUT2D eigenvalue weighted by molar-refractivity contribution is -0.140. The number of aromatic nitrogens is 3. The molecule has 0 spiro atoms. The van der Waals surface area contributed by atoms with Crippen LogP contribution in [0.15, 0.2) is 18.5 Å². The summed E-state index contributed by atoms with van der Waals surface area (Å²) in [5.41, 5.74) is 1.90. The minimum atomic E-state index is -0.805. The Morgan fingerprint density at radius 3 is 2.75 bits per heavy atom. The van der Waals surface area contributed by atoms with Crippen molar-refractivity contribution in [2.45, 2.75) is 26.7 Å². The fourth-order valence-electron chi connectivity index (χ4n) is 2.08. The van der Waals surface area contributed by atoms with Gasteiger partial charge in [-0.2, -0.15) is 5.10 Å². The summed E-state index contributed by atoms with van der Waals surface area (Å²) < 4.78 is 1.79. The third kappa shape index (κ3) is 2.74. The van der Waals surface area contributed by atoms with Gasteiger partial charge in [-0.15, -0.1) is 0 Å². The number of rotatable bonds is 5. The maximum Gasteiger partial charge on any atom is 0.308 e. The van der Waals surface area contributed by atoms with Crippen molar-refractivity contribution in [3.05, 3.63) is 24.2 Å². The van der Waals surface area contributed by atoms with E-state index in [2.05, 4.69) is 23.9 Å². The molecule has 2 heterocycles. The fourth-order valence-corrected chi connectivity index (χ4v) is 2.08. The predicted molar refractivity (Wildman–Crippen MR) is 77.1 cm³/mol. The second-order valence-electron chi connectivity index (χ2n) is 5.42. The van der Waals surface area contributed by atoms with Gasteiger partial charge in [-0.3, -0.25) is 4.79 Å². The standard InChI is InChI=1S/C14H20N4O2/c1-9(2)11-7-12-13(15-5-6-18(12)16-11)17(4)8-10(3)14(19)20/h5-7,9-10H,8H2,1-4H3,(H,19,20). The molecule has 0 saturated heterocycles. The minimum absolute atomic E-state index is 0.339. The van der Waals surface area contributed by atoms with Crippen LogP contribution >= 0.6 is 0 Å². The van der Waals surface area contributed by atoms with E-state index in [0.29, 0.717) is 12.5 Å². The first-order chi connectivity index (χ1) is 9.40. The molecule has 1 N–H and O–H groups in total. The number of hydrogen-bond donors (Lipinski definition) is 1. The maximum atomic E-state index is 11.0. The molecule has 0 aromatic carbocycles. The van der Waals surface area contributed by atoms with E-state index in [-0.39, 0.29) is 0 Å². The molecule has 6 heteroatoms. The van der Waals surface area contributed by atoms with Gasteiger partial charge in [-0.1, -0.05) is 20.8 Å². The second kappa shape index (κ2) is 5.48. The molecule has 0 amide bonds. The van der Waals surface area contributed by atoms with Crippen LogP contribution in [-0.2, 0) is 4.79 Å². The Labute approximate surface area is 118 Å². The molecule has 2 aromatic rings. The van der Waals surface area contributed by atoms with Gasteiger partial charge in [0.1, 0.15) is 5.52 Å². The number of fused-ring (bicyclic) bond motifs is 1. The zero-order valence-corrected chi connectivity index (χ0v) is 12.2. The first-order valence-electron chi connectivity index (χ1n) is 6.68. The smallest absolute Gasteiger partial charge is 0.308 e. The average Bonchev–Trinajstić information content (AvgIpc) is 2.82. The van der Waals surface area contributed by atoms with Gasteiger partial charge in [-0.05, 0) is 12.0 Å². The van der Waals surface area contributed by atoms with Crippen LogP contribution in [0.1, 0.15) is 32.4 Å². The van der Waals surface area contributed by atoms with E-state index in [1.165, 1.54) is 0 Å². The van der Waals surface area contributed by atoms with Crippen LogP contribution in [0.4, 0.5) is 5.82 Å². The highest BCUT2D eigenvalue weighted by atomic mass is 16.4. The molecule has 6 nitrogen and oxygen atoms in total. The molecular formula is C14H20N4O2. The van der Waals surface area contributed by atoms with Crippen LogP contribution in [0, 0.1) is 5.92 Å². The molecule has 0 aliphatic rings. The van der Waals surface area contributed by atoms with Crippen molar-refractivity contribution in [2.24, 2.45) is 5.92 Å². The Kier molecular flexibility index (Phi) is 3.92. The van der Waals surface area contributed by atoms with E-state index >= 15 is 0 Å². The summed E-state index contributed by atoms with van der Waals surface area (Å²) in [6, 6.07) is 2.01. The van der Waals surface area contributed by atoms with Crippen molar-refractivity contribution in [1.29, 1.82) is 0 Å². The Bertz CT molecular complexity index is 621. The molecule has 108 valence electrons. The predicted octanol–water partition coefficient (Wildman–Crippen LogP) is 2.01. The summed E-state index contributed by atoms with van der Waals surface area (Å²) >= 11 is 0. The third-order valence-corrected chi connectivity index (χ3v) is 3.31. The lowest BCUT2D eigenvalue weighted by atomic mass is 10.1. The van der Waals surface area contributed by atoms with Gasteiger partial charge in [0.15, 0.2) is 5.82 Å². The number of anilines is 1. The maximum absolute atomic E-state index is 11.0. The molecule has 0 fully saturated rings. The second-order valence-corrected chi connectivity index (χ2v) is 5.42. The highest BCUT2D eigenvalue weighted by Crippen LogP contribution is 2.22. The topological polar surface area (TPSA) is 70.7 Å². The largest absolute Gasteiger partial charge is 0.481 e. The summed E-state index contributed by atoms with van der Waals surface area (Å²) in [4.78, 5) is 17.2. The number of aliphatic carboxylic acids is 1. The first-order valence-corrected chi connectivity index (χ1v) is 6.68. The van der Waals surface area contributed by atoms with Crippen molar-refractivity contribution < 1.29 is 9.90 Å². The average molecular weight is 276 g/mol.